The van der Waals surface area contributed by atoms with Crippen LogP contribution in [0, 0.1) is 18.6 Å². The fourth-order valence-corrected chi connectivity index (χ4v) is 5.66. The summed E-state index contributed by atoms with van der Waals surface area (Å²) in [7, 11) is 0. The molecule has 0 unspecified atom stereocenters. The van der Waals surface area contributed by atoms with Gasteiger partial charge < -0.3 is 15.3 Å². The number of anilines is 2. The summed E-state index contributed by atoms with van der Waals surface area (Å²) < 4.78 is 29.1. The van der Waals surface area contributed by atoms with E-state index in [1.807, 2.05) is 19.2 Å². The number of aromatic nitrogens is 4. The van der Waals surface area contributed by atoms with Crippen LogP contribution in [0.2, 0.25) is 5.02 Å². The summed E-state index contributed by atoms with van der Waals surface area (Å²) >= 11 is 6.69. The SMILES string of the molecule is Cc1c(Nc2ncc3cc(Cl)c(C4CCN(C[C@@H](O)c5cc(F)cc(F)c5)CC4)cc3n2)cnn1C1CC1. The molecule has 1 saturated carbocycles. The maximum absolute atomic E-state index is 13.5. The van der Waals surface area contributed by atoms with Crippen molar-refractivity contribution in [1.29, 1.82) is 0 Å². The van der Waals surface area contributed by atoms with Gasteiger partial charge in [0.05, 0.1) is 35.2 Å². The second kappa shape index (κ2) is 10.2. The van der Waals surface area contributed by atoms with Crippen LogP contribution in [0.5, 0.6) is 0 Å². The van der Waals surface area contributed by atoms with Crippen LogP contribution in [-0.4, -0.2) is 49.4 Å². The Morgan fingerprint density at radius 3 is 2.50 bits per heavy atom. The van der Waals surface area contributed by atoms with Crippen molar-refractivity contribution < 1.29 is 13.9 Å². The van der Waals surface area contributed by atoms with Gasteiger partial charge in [0.15, 0.2) is 0 Å². The van der Waals surface area contributed by atoms with Crippen LogP contribution in [0.25, 0.3) is 10.9 Å². The second-order valence-corrected chi connectivity index (χ2v) is 10.8. The second-order valence-electron chi connectivity index (χ2n) is 10.4. The number of likely N-dealkylation sites (tertiary alicyclic amines) is 1. The number of fused-ring (bicyclic) bond motifs is 1. The van der Waals surface area contributed by atoms with Gasteiger partial charge >= 0.3 is 0 Å². The lowest BCUT2D eigenvalue weighted by molar-refractivity contribution is 0.0968. The van der Waals surface area contributed by atoms with Gasteiger partial charge in [-0.3, -0.25) is 4.68 Å². The summed E-state index contributed by atoms with van der Waals surface area (Å²) in [6.07, 6.45) is 6.69. The fourth-order valence-electron chi connectivity index (χ4n) is 5.34. The maximum Gasteiger partial charge on any atom is 0.227 e. The van der Waals surface area contributed by atoms with Gasteiger partial charge in [0.25, 0.3) is 0 Å². The Kier molecular flexibility index (Phi) is 6.75. The Bertz CT molecular complexity index is 1460. The van der Waals surface area contributed by atoms with Crippen molar-refractivity contribution >= 4 is 34.1 Å². The molecule has 198 valence electrons. The molecule has 0 spiro atoms. The molecule has 6 rings (SSSR count). The number of nitrogens with zero attached hydrogens (tertiary/aromatic N) is 5. The average Bonchev–Trinajstić information content (AvgIpc) is 3.67. The Balaban J connectivity index is 1.14. The van der Waals surface area contributed by atoms with Crippen molar-refractivity contribution in [3.8, 4) is 0 Å². The third-order valence-corrected chi connectivity index (χ3v) is 7.94. The van der Waals surface area contributed by atoms with Gasteiger partial charge in [-0.05, 0) is 87.0 Å². The molecule has 38 heavy (non-hydrogen) atoms. The normalized spacial score (nSPS) is 17.7. The predicted molar refractivity (Wildman–Crippen MR) is 143 cm³/mol. The van der Waals surface area contributed by atoms with Crippen molar-refractivity contribution in [2.24, 2.45) is 0 Å². The summed E-state index contributed by atoms with van der Waals surface area (Å²) in [5.41, 5.74) is 4.10. The monoisotopic (exact) mass is 538 g/mol. The van der Waals surface area contributed by atoms with E-state index >= 15 is 0 Å². The fraction of sp³-hybridized carbons (Fsp3) is 0.393. The number of benzene rings is 2. The molecular weight excluding hydrogens is 510 g/mol. The van der Waals surface area contributed by atoms with E-state index in [1.165, 1.54) is 25.0 Å². The molecule has 2 aromatic carbocycles. The van der Waals surface area contributed by atoms with Crippen LogP contribution in [-0.2, 0) is 0 Å². The van der Waals surface area contributed by atoms with Crippen LogP contribution in [0.15, 0.2) is 42.7 Å². The summed E-state index contributed by atoms with van der Waals surface area (Å²) in [4.78, 5) is 11.4. The van der Waals surface area contributed by atoms with Crippen molar-refractivity contribution in [2.75, 3.05) is 25.0 Å². The molecule has 2 aliphatic rings. The first-order valence-electron chi connectivity index (χ1n) is 13.0. The van der Waals surface area contributed by atoms with E-state index in [9.17, 15) is 13.9 Å². The molecule has 2 aromatic heterocycles. The van der Waals surface area contributed by atoms with Gasteiger partial charge in [0, 0.05) is 29.2 Å². The number of hydrogen-bond donors (Lipinski definition) is 2. The minimum absolute atomic E-state index is 0.247. The van der Waals surface area contributed by atoms with E-state index in [1.54, 1.807) is 6.20 Å². The molecule has 0 radical (unpaired) electrons. The molecule has 0 amide bonds. The molecule has 1 aliphatic carbocycles. The molecule has 7 nitrogen and oxygen atoms in total. The summed E-state index contributed by atoms with van der Waals surface area (Å²) in [6, 6.07) is 7.65. The van der Waals surface area contributed by atoms with Gasteiger partial charge in [-0.25, -0.2) is 18.7 Å². The van der Waals surface area contributed by atoms with Gasteiger partial charge in [-0.1, -0.05) is 11.6 Å². The molecular formula is C28H29ClF2N6O. The van der Waals surface area contributed by atoms with E-state index < -0.39 is 17.7 Å². The Morgan fingerprint density at radius 1 is 1.05 bits per heavy atom. The molecule has 1 saturated heterocycles. The lowest BCUT2D eigenvalue weighted by atomic mass is 9.88. The third-order valence-electron chi connectivity index (χ3n) is 7.61. The molecule has 1 atom stereocenters. The van der Waals surface area contributed by atoms with E-state index in [2.05, 4.69) is 31.0 Å². The number of aliphatic hydroxyl groups is 1. The average molecular weight is 539 g/mol. The van der Waals surface area contributed by atoms with Crippen LogP contribution in [0.4, 0.5) is 20.4 Å². The lowest BCUT2D eigenvalue weighted by Crippen LogP contribution is -2.36. The molecule has 10 heteroatoms. The zero-order chi connectivity index (χ0) is 26.4. The summed E-state index contributed by atoms with van der Waals surface area (Å²) in [6.45, 7) is 3.86. The van der Waals surface area contributed by atoms with Crippen molar-refractivity contribution in [1.82, 2.24) is 24.6 Å². The number of halogens is 3. The zero-order valence-electron chi connectivity index (χ0n) is 21.0. The summed E-state index contributed by atoms with van der Waals surface area (Å²) in [5, 5.41) is 19.9. The molecule has 2 fully saturated rings. The minimum Gasteiger partial charge on any atom is -0.387 e. The number of nitrogens with one attached hydrogen (secondary N) is 1. The van der Waals surface area contributed by atoms with E-state index in [0.29, 0.717) is 23.6 Å². The van der Waals surface area contributed by atoms with Crippen LogP contribution < -0.4 is 5.32 Å². The van der Waals surface area contributed by atoms with Crippen LogP contribution in [0.1, 0.15) is 60.6 Å². The number of aliphatic hydroxyl groups excluding tert-OH is 1. The van der Waals surface area contributed by atoms with E-state index in [0.717, 1.165) is 59.8 Å². The minimum atomic E-state index is -0.955. The van der Waals surface area contributed by atoms with Gasteiger partial charge in [-0.15, -0.1) is 0 Å². The van der Waals surface area contributed by atoms with E-state index in [-0.39, 0.29) is 11.5 Å². The first kappa shape index (κ1) is 25.2. The number of hydrogen-bond acceptors (Lipinski definition) is 6. The Labute approximate surface area is 224 Å². The quantitative estimate of drug-likeness (QED) is 0.298. The van der Waals surface area contributed by atoms with Gasteiger partial charge in [0.2, 0.25) is 5.95 Å². The third kappa shape index (κ3) is 5.23. The smallest absolute Gasteiger partial charge is 0.227 e. The molecule has 1 aliphatic heterocycles. The summed E-state index contributed by atoms with van der Waals surface area (Å²) in [5.74, 6) is -0.609. The molecule has 3 heterocycles. The van der Waals surface area contributed by atoms with E-state index in [4.69, 9.17) is 16.6 Å². The molecule has 0 bridgehead atoms. The highest BCUT2D eigenvalue weighted by Gasteiger charge is 2.27. The molecule has 2 N–H and O–H groups in total. The number of piperidine rings is 1. The van der Waals surface area contributed by atoms with Crippen molar-refractivity contribution in [2.45, 2.75) is 50.7 Å². The van der Waals surface area contributed by atoms with Gasteiger partial charge in [0.1, 0.15) is 11.6 Å². The standard InChI is InChI=1S/C28H29ClF2N6O/c1-16-26(14-33-37(16)22-2-3-22)35-28-32-13-19-10-24(29)23(12-25(19)34-28)17-4-6-36(7-5-17)15-27(38)18-8-20(30)11-21(31)9-18/h8-14,17,22,27,38H,2-7,15H2,1H3,(H,32,34,35)/t27-/m1/s1. The predicted octanol–water partition coefficient (Wildman–Crippen LogP) is 6.06. The van der Waals surface area contributed by atoms with Crippen LogP contribution >= 0.6 is 11.6 Å². The number of rotatable bonds is 7. The first-order chi connectivity index (χ1) is 18.3. The largest absolute Gasteiger partial charge is 0.387 e. The van der Waals surface area contributed by atoms with Crippen molar-refractivity contribution in [3.63, 3.8) is 0 Å². The zero-order valence-corrected chi connectivity index (χ0v) is 21.8. The highest BCUT2D eigenvalue weighted by molar-refractivity contribution is 6.32. The first-order valence-corrected chi connectivity index (χ1v) is 13.4. The lowest BCUT2D eigenvalue weighted by Gasteiger charge is -2.33. The Hall–Kier alpha value is -3.14. The highest BCUT2D eigenvalue weighted by Crippen LogP contribution is 2.38. The topological polar surface area (TPSA) is 79.1 Å². The maximum atomic E-state index is 13.5. The van der Waals surface area contributed by atoms with Gasteiger partial charge in [-0.2, -0.15) is 5.10 Å². The molecule has 4 aromatic rings. The number of β-amino-alcohol motifs (C(OH)–C–C–N with tert-alkyl or cyclic N) is 1. The van der Waals surface area contributed by atoms with Crippen LogP contribution in [0.3, 0.4) is 0 Å². The van der Waals surface area contributed by atoms with Crippen molar-refractivity contribution in [3.05, 3.63) is 76.2 Å². The highest BCUT2D eigenvalue weighted by atomic mass is 35.5. The Morgan fingerprint density at radius 2 is 1.79 bits per heavy atom.